The molecule has 0 saturated heterocycles. The van der Waals surface area contributed by atoms with E-state index < -0.39 is 0 Å². The van der Waals surface area contributed by atoms with Crippen molar-refractivity contribution < 1.29 is 14.3 Å². The first-order chi connectivity index (χ1) is 13.5. The van der Waals surface area contributed by atoms with Crippen molar-refractivity contribution in [2.24, 2.45) is 0 Å². The zero-order valence-electron chi connectivity index (χ0n) is 15.6. The molecule has 0 aliphatic heterocycles. The van der Waals surface area contributed by atoms with Gasteiger partial charge in [0.05, 0.1) is 5.56 Å². The van der Waals surface area contributed by atoms with Gasteiger partial charge >= 0.3 is 0 Å². The minimum Gasteiger partial charge on any atom is -0.504 e. The summed E-state index contributed by atoms with van der Waals surface area (Å²) in [6, 6.07) is 20.6. The first kappa shape index (κ1) is 17.7. The SMILES string of the molecule is CN(C)C(=O)c1cccc(-c2c(N)oc(-c3cccc4ccccc34)c2O)c1. The minimum absolute atomic E-state index is 0.0386. The number of carbonyl (C=O) groups is 1. The second kappa shape index (κ2) is 6.78. The lowest BCUT2D eigenvalue weighted by Crippen LogP contribution is -2.21. The highest BCUT2D eigenvalue weighted by atomic mass is 16.4. The molecule has 1 heterocycles. The summed E-state index contributed by atoms with van der Waals surface area (Å²) < 4.78 is 5.77. The number of hydrogen-bond donors (Lipinski definition) is 2. The Morgan fingerprint density at radius 2 is 1.71 bits per heavy atom. The Balaban J connectivity index is 1.87. The van der Waals surface area contributed by atoms with E-state index >= 15 is 0 Å². The third-order valence-corrected chi connectivity index (χ3v) is 4.75. The molecule has 0 spiro atoms. The molecule has 0 radical (unpaired) electrons. The van der Waals surface area contributed by atoms with Crippen LogP contribution in [0, 0.1) is 0 Å². The Morgan fingerprint density at radius 3 is 2.50 bits per heavy atom. The van der Waals surface area contributed by atoms with Gasteiger partial charge in [-0.1, -0.05) is 54.6 Å². The van der Waals surface area contributed by atoms with Gasteiger partial charge in [-0.2, -0.15) is 0 Å². The molecule has 0 bridgehead atoms. The van der Waals surface area contributed by atoms with E-state index in [2.05, 4.69) is 0 Å². The first-order valence-corrected chi connectivity index (χ1v) is 8.89. The zero-order chi connectivity index (χ0) is 19.8. The van der Waals surface area contributed by atoms with Gasteiger partial charge in [-0.25, -0.2) is 0 Å². The summed E-state index contributed by atoms with van der Waals surface area (Å²) in [5.74, 6) is 0.254. The molecule has 3 aromatic carbocycles. The Kier molecular flexibility index (Phi) is 4.28. The van der Waals surface area contributed by atoms with E-state index in [1.54, 1.807) is 38.4 Å². The highest BCUT2D eigenvalue weighted by Crippen LogP contribution is 2.46. The molecule has 140 valence electrons. The summed E-state index contributed by atoms with van der Waals surface area (Å²) in [5.41, 5.74) is 8.40. The maximum atomic E-state index is 12.3. The molecule has 0 atom stereocenters. The fraction of sp³-hybridized carbons (Fsp3) is 0.0870. The molecule has 0 aliphatic carbocycles. The topological polar surface area (TPSA) is 79.7 Å². The normalized spacial score (nSPS) is 10.9. The van der Waals surface area contributed by atoms with Gasteiger partial charge in [0, 0.05) is 25.2 Å². The summed E-state index contributed by atoms with van der Waals surface area (Å²) in [4.78, 5) is 13.8. The van der Waals surface area contributed by atoms with Crippen molar-refractivity contribution in [2.75, 3.05) is 19.8 Å². The third kappa shape index (κ3) is 2.87. The van der Waals surface area contributed by atoms with Gasteiger partial charge < -0.3 is 20.2 Å². The number of nitrogens with two attached hydrogens (primary N) is 1. The average Bonchev–Trinajstić information content (AvgIpc) is 3.00. The molecule has 4 aromatic rings. The standard InChI is InChI=1S/C23H20N2O3/c1-25(2)23(27)16-10-5-9-15(13-16)19-20(26)21(28-22(19)24)18-12-6-8-14-7-3-4-11-17(14)18/h3-13,26H,24H2,1-2H3. The number of rotatable bonds is 3. The van der Waals surface area contributed by atoms with Crippen LogP contribution >= 0.6 is 0 Å². The van der Waals surface area contributed by atoms with Crippen LogP contribution in [0.15, 0.2) is 71.1 Å². The van der Waals surface area contributed by atoms with Crippen LogP contribution in [0.2, 0.25) is 0 Å². The van der Waals surface area contributed by atoms with Crippen molar-refractivity contribution in [1.82, 2.24) is 4.90 Å². The van der Waals surface area contributed by atoms with Crippen LogP contribution in [0.4, 0.5) is 5.88 Å². The molecular weight excluding hydrogens is 352 g/mol. The van der Waals surface area contributed by atoms with E-state index in [0.29, 0.717) is 22.5 Å². The molecule has 0 aliphatic rings. The molecule has 1 aromatic heterocycles. The molecule has 1 amide bonds. The summed E-state index contributed by atoms with van der Waals surface area (Å²) >= 11 is 0. The molecule has 0 fully saturated rings. The number of furan rings is 1. The quantitative estimate of drug-likeness (QED) is 0.543. The largest absolute Gasteiger partial charge is 0.504 e. The fourth-order valence-corrected chi connectivity index (χ4v) is 3.39. The maximum absolute atomic E-state index is 12.3. The van der Waals surface area contributed by atoms with E-state index in [1.165, 1.54) is 4.90 Å². The smallest absolute Gasteiger partial charge is 0.253 e. The Labute approximate surface area is 162 Å². The van der Waals surface area contributed by atoms with Crippen LogP contribution in [0.3, 0.4) is 0 Å². The number of amides is 1. The van der Waals surface area contributed by atoms with E-state index in [9.17, 15) is 9.90 Å². The van der Waals surface area contributed by atoms with Crippen LogP contribution in [-0.2, 0) is 0 Å². The Hall–Kier alpha value is -3.73. The lowest BCUT2D eigenvalue weighted by Gasteiger charge is -2.11. The number of aromatic hydroxyl groups is 1. The highest BCUT2D eigenvalue weighted by molar-refractivity contribution is 6.00. The van der Waals surface area contributed by atoms with Gasteiger partial charge in [-0.15, -0.1) is 0 Å². The highest BCUT2D eigenvalue weighted by Gasteiger charge is 2.23. The Bertz CT molecular complexity index is 1190. The average molecular weight is 372 g/mol. The summed E-state index contributed by atoms with van der Waals surface area (Å²) in [6.07, 6.45) is 0. The minimum atomic E-state index is -0.127. The van der Waals surface area contributed by atoms with E-state index in [0.717, 1.165) is 16.3 Å². The van der Waals surface area contributed by atoms with Crippen molar-refractivity contribution in [1.29, 1.82) is 0 Å². The maximum Gasteiger partial charge on any atom is 0.253 e. The van der Waals surface area contributed by atoms with Crippen LogP contribution < -0.4 is 5.73 Å². The van der Waals surface area contributed by atoms with Gasteiger partial charge in [0.25, 0.3) is 5.91 Å². The molecule has 0 unspecified atom stereocenters. The van der Waals surface area contributed by atoms with Gasteiger partial charge in [-0.3, -0.25) is 4.79 Å². The van der Waals surface area contributed by atoms with E-state index in [-0.39, 0.29) is 17.5 Å². The summed E-state index contributed by atoms with van der Waals surface area (Å²) in [5, 5.41) is 12.9. The summed E-state index contributed by atoms with van der Waals surface area (Å²) in [6.45, 7) is 0. The number of hydrogen-bond acceptors (Lipinski definition) is 4. The first-order valence-electron chi connectivity index (χ1n) is 8.89. The van der Waals surface area contributed by atoms with Gasteiger partial charge in [0.2, 0.25) is 5.88 Å². The van der Waals surface area contributed by atoms with Crippen molar-refractivity contribution in [3.05, 3.63) is 72.3 Å². The molecule has 3 N–H and O–H groups in total. The van der Waals surface area contributed by atoms with Crippen LogP contribution in [0.5, 0.6) is 5.75 Å². The number of nitrogen functional groups attached to an aromatic ring is 1. The number of anilines is 1. The summed E-state index contributed by atoms with van der Waals surface area (Å²) in [7, 11) is 3.38. The van der Waals surface area contributed by atoms with Crippen molar-refractivity contribution in [3.8, 4) is 28.2 Å². The predicted molar refractivity (Wildman–Crippen MR) is 111 cm³/mol. The molecular formula is C23H20N2O3. The lowest BCUT2D eigenvalue weighted by atomic mass is 9.99. The zero-order valence-corrected chi connectivity index (χ0v) is 15.6. The number of carbonyl (C=O) groups excluding carboxylic acids is 1. The molecule has 0 saturated carbocycles. The van der Waals surface area contributed by atoms with Crippen LogP contribution in [-0.4, -0.2) is 30.0 Å². The van der Waals surface area contributed by atoms with Crippen molar-refractivity contribution in [3.63, 3.8) is 0 Å². The van der Waals surface area contributed by atoms with Crippen LogP contribution in [0.1, 0.15) is 10.4 Å². The number of benzene rings is 3. The van der Waals surface area contributed by atoms with Gasteiger partial charge in [0.15, 0.2) is 11.5 Å². The molecule has 4 rings (SSSR count). The molecule has 5 nitrogen and oxygen atoms in total. The van der Waals surface area contributed by atoms with Crippen LogP contribution in [0.25, 0.3) is 33.2 Å². The monoisotopic (exact) mass is 372 g/mol. The van der Waals surface area contributed by atoms with E-state index in [1.807, 2.05) is 42.5 Å². The number of nitrogens with zero attached hydrogens (tertiary/aromatic N) is 1. The molecule has 28 heavy (non-hydrogen) atoms. The predicted octanol–water partition coefficient (Wildman–Crippen LogP) is 4.76. The van der Waals surface area contributed by atoms with E-state index in [4.69, 9.17) is 10.2 Å². The third-order valence-electron chi connectivity index (χ3n) is 4.75. The van der Waals surface area contributed by atoms with Gasteiger partial charge in [0.1, 0.15) is 0 Å². The lowest BCUT2D eigenvalue weighted by molar-refractivity contribution is 0.0827. The number of fused-ring (bicyclic) bond motifs is 1. The Morgan fingerprint density at radius 1 is 1.00 bits per heavy atom. The molecule has 5 heteroatoms. The second-order valence-corrected chi connectivity index (χ2v) is 6.83. The fourth-order valence-electron chi connectivity index (χ4n) is 3.39. The van der Waals surface area contributed by atoms with Crippen molar-refractivity contribution in [2.45, 2.75) is 0 Å². The van der Waals surface area contributed by atoms with Gasteiger partial charge in [-0.05, 0) is 28.5 Å². The second-order valence-electron chi connectivity index (χ2n) is 6.83. The van der Waals surface area contributed by atoms with Crippen molar-refractivity contribution >= 4 is 22.6 Å².